The first kappa shape index (κ1) is 11.1. The van der Waals surface area contributed by atoms with Crippen molar-refractivity contribution < 1.29 is 0 Å². The summed E-state index contributed by atoms with van der Waals surface area (Å²) in [4.78, 5) is 0. The van der Waals surface area contributed by atoms with Crippen LogP contribution in [0.15, 0.2) is 0 Å². The Kier molecular flexibility index (Phi) is 3.43. The molecule has 0 N–H and O–H groups in total. The topological polar surface area (TPSA) is 0 Å². The number of rotatable bonds is 5. The highest BCUT2D eigenvalue weighted by atomic mass is 14.6. The third-order valence-electron chi connectivity index (χ3n) is 4.41. The zero-order chi connectivity index (χ0) is 10.1. The SMILES string of the molecule is CCCCC1(C(C)C(C)C)CC1C. The maximum Gasteiger partial charge on any atom is -0.0241 e. The maximum atomic E-state index is 2.46. The lowest BCUT2D eigenvalue weighted by atomic mass is 9.77. The molecule has 0 bridgehead atoms. The summed E-state index contributed by atoms with van der Waals surface area (Å²) in [5.74, 6) is 2.78. The summed E-state index contributed by atoms with van der Waals surface area (Å²) >= 11 is 0. The van der Waals surface area contributed by atoms with Gasteiger partial charge in [0.2, 0.25) is 0 Å². The molecule has 0 aromatic heterocycles. The van der Waals surface area contributed by atoms with Gasteiger partial charge in [0.1, 0.15) is 0 Å². The van der Waals surface area contributed by atoms with Gasteiger partial charge in [0.25, 0.3) is 0 Å². The predicted molar refractivity (Wildman–Crippen MR) is 59.7 cm³/mol. The Morgan fingerprint density at radius 2 is 1.85 bits per heavy atom. The van der Waals surface area contributed by atoms with Gasteiger partial charge in [-0.1, -0.05) is 47.5 Å². The largest absolute Gasteiger partial charge is 0.0654 e. The smallest absolute Gasteiger partial charge is 0.0241 e. The van der Waals surface area contributed by atoms with Gasteiger partial charge in [-0.2, -0.15) is 0 Å². The number of unbranched alkanes of at least 4 members (excludes halogenated alkanes) is 1. The Hall–Kier alpha value is 0. The van der Waals surface area contributed by atoms with Crippen LogP contribution in [0.2, 0.25) is 0 Å². The van der Waals surface area contributed by atoms with Gasteiger partial charge >= 0.3 is 0 Å². The highest BCUT2D eigenvalue weighted by molar-refractivity contribution is 5.03. The molecule has 0 radical (unpaired) electrons. The first-order chi connectivity index (χ1) is 6.04. The second-order valence-electron chi connectivity index (χ2n) is 5.47. The Labute approximate surface area is 84.1 Å². The molecule has 0 nitrogen and oxygen atoms in total. The van der Waals surface area contributed by atoms with Crippen LogP contribution in [0.1, 0.15) is 60.3 Å². The highest BCUT2D eigenvalue weighted by Gasteiger charge is 2.53. The monoisotopic (exact) mass is 182 g/mol. The summed E-state index contributed by atoms with van der Waals surface area (Å²) in [5.41, 5.74) is 0.740. The van der Waals surface area contributed by atoms with Crippen molar-refractivity contribution in [1.82, 2.24) is 0 Å². The van der Waals surface area contributed by atoms with Crippen LogP contribution in [0.3, 0.4) is 0 Å². The summed E-state index contributed by atoms with van der Waals surface area (Å²) in [7, 11) is 0. The van der Waals surface area contributed by atoms with Crippen LogP contribution < -0.4 is 0 Å². The first-order valence-electron chi connectivity index (χ1n) is 6.04. The Bertz CT molecular complexity index is 159. The molecule has 78 valence electrons. The normalized spacial score (nSPS) is 35.1. The van der Waals surface area contributed by atoms with Crippen molar-refractivity contribution in [3.05, 3.63) is 0 Å². The molecule has 3 unspecified atom stereocenters. The van der Waals surface area contributed by atoms with E-state index in [9.17, 15) is 0 Å². The van der Waals surface area contributed by atoms with Crippen LogP contribution >= 0.6 is 0 Å². The quantitative estimate of drug-likeness (QED) is 0.587. The molecule has 0 heterocycles. The standard InChI is InChI=1S/C13H26/c1-6-7-8-13(9-11(13)4)12(5)10(2)3/h10-12H,6-9H2,1-5H3. The Morgan fingerprint density at radius 1 is 1.31 bits per heavy atom. The average molecular weight is 182 g/mol. The van der Waals surface area contributed by atoms with Crippen molar-refractivity contribution in [2.45, 2.75) is 60.3 Å². The third-order valence-corrected chi connectivity index (χ3v) is 4.41. The molecule has 13 heavy (non-hydrogen) atoms. The second kappa shape index (κ2) is 4.02. The zero-order valence-corrected chi connectivity index (χ0v) is 10.1. The van der Waals surface area contributed by atoms with E-state index in [2.05, 4.69) is 34.6 Å². The minimum absolute atomic E-state index is 0.740. The van der Waals surface area contributed by atoms with Crippen LogP contribution in [-0.2, 0) is 0 Å². The van der Waals surface area contributed by atoms with Crippen molar-refractivity contribution in [3.63, 3.8) is 0 Å². The van der Waals surface area contributed by atoms with Crippen LogP contribution in [-0.4, -0.2) is 0 Å². The van der Waals surface area contributed by atoms with Crippen LogP contribution in [0.25, 0.3) is 0 Å². The minimum atomic E-state index is 0.740. The van der Waals surface area contributed by atoms with Crippen molar-refractivity contribution in [3.8, 4) is 0 Å². The molecular weight excluding hydrogens is 156 g/mol. The zero-order valence-electron chi connectivity index (χ0n) is 10.1. The van der Waals surface area contributed by atoms with E-state index in [1.54, 1.807) is 0 Å². The lowest BCUT2D eigenvalue weighted by Crippen LogP contribution is -2.20. The fraction of sp³-hybridized carbons (Fsp3) is 1.00. The van der Waals surface area contributed by atoms with Crippen molar-refractivity contribution in [2.24, 2.45) is 23.2 Å². The number of hydrogen-bond acceptors (Lipinski definition) is 0. The fourth-order valence-corrected chi connectivity index (χ4v) is 2.89. The van der Waals surface area contributed by atoms with E-state index < -0.39 is 0 Å². The van der Waals surface area contributed by atoms with Gasteiger partial charge < -0.3 is 0 Å². The first-order valence-corrected chi connectivity index (χ1v) is 6.04. The van der Waals surface area contributed by atoms with Gasteiger partial charge in [0.15, 0.2) is 0 Å². The molecule has 0 amide bonds. The Balaban J connectivity index is 2.50. The molecule has 0 saturated heterocycles. The summed E-state index contributed by atoms with van der Waals surface area (Å²) in [6.45, 7) is 12.0. The van der Waals surface area contributed by atoms with Crippen LogP contribution in [0, 0.1) is 23.2 Å². The molecule has 1 rings (SSSR count). The molecule has 0 aromatic rings. The van der Waals surface area contributed by atoms with Gasteiger partial charge in [0.05, 0.1) is 0 Å². The molecule has 1 saturated carbocycles. The lowest BCUT2D eigenvalue weighted by Gasteiger charge is -2.28. The maximum absolute atomic E-state index is 2.46. The molecule has 0 aromatic carbocycles. The fourth-order valence-electron chi connectivity index (χ4n) is 2.89. The van der Waals surface area contributed by atoms with Crippen LogP contribution in [0.4, 0.5) is 0 Å². The molecule has 3 atom stereocenters. The van der Waals surface area contributed by atoms with Gasteiger partial charge in [-0.05, 0) is 36.0 Å². The summed E-state index contributed by atoms with van der Waals surface area (Å²) in [5, 5.41) is 0. The molecular formula is C13H26. The molecule has 1 aliphatic rings. The van der Waals surface area contributed by atoms with E-state index in [-0.39, 0.29) is 0 Å². The molecule has 1 fully saturated rings. The van der Waals surface area contributed by atoms with E-state index in [0.717, 1.165) is 23.2 Å². The molecule has 1 aliphatic carbocycles. The summed E-state index contributed by atoms with van der Waals surface area (Å²) in [6, 6.07) is 0. The molecule has 0 spiro atoms. The van der Waals surface area contributed by atoms with E-state index >= 15 is 0 Å². The lowest BCUT2D eigenvalue weighted by molar-refractivity contribution is 0.216. The van der Waals surface area contributed by atoms with Gasteiger partial charge in [-0.3, -0.25) is 0 Å². The summed E-state index contributed by atoms with van der Waals surface area (Å²) in [6.07, 6.45) is 5.76. The van der Waals surface area contributed by atoms with Crippen molar-refractivity contribution >= 4 is 0 Å². The van der Waals surface area contributed by atoms with E-state index in [4.69, 9.17) is 0 Å². The van der Waals surface area contributed by atoms with Crippen molar-refractivity contribution in [1.29, 1.82) is 0 Å². The predicted octanol–water partition coefficient (Wildman–Crippen LogP) is 4.49. The Morgan fingerprint density at radius 3 is 2.15 bits per heavy atom. The number of hydrogen-bond donors (Lipinski definition) is 0. The third kappa shape index (κ3) is 2.08. The van der Waals surface area contributed by atoms with Gasteiger partial charge in [-0.25, -0.2) is 0 Å². The van der Waals surface area contributed by atoms with Crippen molar-refractivity contribution in [2.75, 3.05) is 0 Å². The van der Waals surface area contributed by atoms with E-state index in [0.29, 0.717) is 0 Å². The van der Waals surface area contributed by atoms with Gasteiger partial charge in [0, 0.05) is 0 Å². The van der Waals surface area contributed by atoms with E-state index in [1.807, 2.05) is 0 Å². The average Bonchev–Trinajstić information content (AvgIpc) is 2.73. The highest BCUT2D eigenvalue weighted by Crippen LogP contribution is 2.62. The summed E-state index contributed by atoms with van der Waals surface area (Å²) < 4.78 is 0. The second-order valence-corrected chi connectivity index (χ2v) is 5.47. The van der Waals surface area contributed by atoms with Gasteiger partial charge in [-0.15, -0.1) is 0 Å². The molecule has 0 heteroatoms. The molecule has 0 aliphatic heterocycles. The van der Waals surface area contributed by atoms with E-state index in [1.165, 1.54) is 25.7 Å². The minimum Gasteiger partial charge on any atom is -0.0654 e. The van der Waals surface area contributed by atoms with Crippen LogP contribution in [0.5, 0.6) is 0 Å².